The van der Waals surface area contributed by atoms with Crippen molar-refractivity contribution in [3.63, 3.8) is 0 Å². The molecule has 5 heteroatoms. The molecule has 0 saturated heterocycles. The first-order valence-electron chi connectivity index (χ1n) is 9.60. The van der Waals surface area contributed by atoms with Gasteiger partial charge in [-0.1, -0.05) is 68.4 Å². The molecule has 1 unspecified atom stereocenters. The lowest BCUT2D eigenvalue weighted by atomic mass is 9.91. The molecule has 2 aromatic carbocycles. The monoisotopic (exact) mass is 382 g/mol. The van der Waals surface area contributed by atoms with E-state index in [1.807, 2.05) is 35.2 Å². The number of hydrogen-bond acceptors (Lipinski definition) is 3. The predicted molar refractivity (Wildman–Crippen MR) is 108 cm³/mol. The van der Waals surface area contributed by atoms with Crippen LogP contribution in [0.1, 0.15) is 44.7 Å². The average molecular weight is 382 g/mol. The van der Waals surface area contributed by atoms with E-state index in [-0.39, 0.29) is 23.2 Å². The van der Waals surface area contributed by atoms with Gasteiger partial charge in [-0.25, -0.2) is 4.39 Å². The molecule has 0 fully saturated rings. The van der Waals surface area contributed by atoms with E-state index in [0.717, 1.165) is 16.8 Å². The van der Waals surface area contributed by atoms with E-state index in [1.165, 1.54) is 12.1 Å². The lowest BCUT2D eigenvalue weighted by molar-refractivity contribution is -0.135. The van der Waals surface area contributed by atoms with Gasteiger partial charge < -0.3 is 9.74 Å². The highest BCUT2D eigenvalue weighted by molar-refractivity contribution is 6.01. The first-order valence-corrected chi connectivity index (χ1v) is 9.60. The molecule has 0 aliphatic carbocycles. The van der Waals surface area contributed by atoms with Gasteiger partial charge in [-0.3, -0.25) is 4.79 Å². The SMILES string of the molecule is CC(C)(C)CC(=O)N(Cc1ccccc1)CC1CC(c2ccc(F)cc2)=NO1. The standard InChI is InChI=1S/C23H27FN2O2/c1-23(2,3)14-22(27)26(15-17-7-5-4-6-8-17)16-20-13-21(25-28-20)18-9-11-19(24)12-10-18/h4-12,20H,13-16H2,1-3H3. The highest BCUT2D eigenvalue weighted by Gasteiger charge is 2.28. The van der Waals surface area contributed by atoms with Gasteiger partial charge >= 0.3 is 0 Å². The van der Waals surface area contributed by atoms with Crippen molar-refractivity contribution in [3.8, 4) is 0 Å². The molecule has 1 aliphatic heterocycles. The van der Waals surface area contributed by atoms with Crippen LogP contribution >= 0.6 is 0 Å². The molecule has 148 valence electrons. The van der Waals surface area contributed by atoms with Gasteiger partial charge in [0.15, 0.2) is 6.10 Å². The number of halogens is 1. The van der Waals surface area contributed by atoms with Crippen LogP contribution in [0.4, 0.5) is 4.39 Å². The molecule has 3 rings (SSSR count). The van der Waals surface area contributed by atoms with Gasteiger partial charge in [0.1, 0.15) is 5.82 Å². The summed E-state index contributed by atoms with van der Waals surface area (Å²) in [5, 5.41) is 4.17. The fourth-order valence-electron chi connectivity index (χ4n) is 3.21. The van der Waals surface area contributed by atoms with Crippen LogP contribution in [0.25, 0.3) is 0 Å². The Morgan fingerprint density at radius 1 is 1.14 bits per heavy atom. The zero-order valence-corrected chi connectivity index (χ0v) is 16.7. The van der Waals surface area contributed by atoms with E-state index >= 15 is 0 Å². The van der Waals surface area contributed by atoms with Gasteiger partial charge in [0.2, 0.25) is 5.91 Å². The number of carbonyl (C=O) groups excluding carboxylic acids is 1. The van der Waals surface area contributed by atoms with Gasteiger partial charge in [0.25, 0.3) is 0 Å². The zero-order valence-electron chi connectivity index (χ0n) is 16.7. The van der Waals surface area contributed by atoms with Gasteiger partial charge in [-0.15, -0.1) is 0 Å². The van der Waals surface area contributed by atoms with E-state index in [4.69, 9.17) is 4.84 Å². The summed E-state index contributed by atoms with van der Waals surface area (Å²) in [6.45, 7) is 7.20. The quantitative estimate of drug-likeness (QED) is 0.721. The maximum Gasteiger partial charge on any atom is 0.223 e. The molecule has 1 amide bonds. The molecule has 0 saturated carbocycles. The van der Waals surface area contributed by atoms with Gasteiger partial charge in [0, 0.05) is 19.4 Å². The zero-order chi connectivity index (χ0) is 20.1. The summed E-state index contributed by atoms with van der Waals surface area (Å²) in [4.78, 5) is 20.4. The van der Waals surface area contributed by atoms with Crippen molar-refractivity contribution >= 4 is 11.6 Å². The van der Waals surface area contributed by atoms with E-state index in [9.17, 15) is 9.18 Å². The minimum Gasteiger partial charge on any atom is -0.390 e. The summed E-state index contributed by atoms with van der Waals surface area (Å²) in [5.74, 6) is -0.170. The fraction of sp³-hybridized carbons (Fsp3) is 0.391. The van der Waals surface area contributed by atoms with Gasteiger partial charge in [-0.05, 0) is 28.7 Å². The largest absolute Gasteiger partial charge is 0.390 e. The lowest BCUT2D eigenvalue weighted by Crippen LogP contribution is -2.38. The molecule has 0 radical (unpaired) electrons. The van der Waals surface area contributed by atoms with Crippen LogP contribution in [0, 0.1) is 11.2 Å². The van der Waals surface area contributed by atoms with Crippen LogP contribution in [0.15, 0.2) is 59.8 Å². The molecular weight excluding hydrogens is 355 g/mol. The highest BCUT2D eigenvalue weighted by atomic mass is 19.1. The second-order valence-corrected chi connectivity index (χ2v) is 8.47. The van der Waals surface area contributed by atoms with Crippen LogP contribution in [-0.4, -0.2) is 29.2 Å². The normalized spacial score (nSPS) is 16.4. The van der Waals surface area contributed by atoms with Crippen LogP contribution in [-0.2, 0) is 16.2 Å². The third-order valence-corrected chi connectivity index (χ3v) is 4.58. The van der Waals surface area contributed by atoms with Crippen LogP contribution < -0.4 is 0 Å². The maximum absolute atomic E-state index is 13.1. The number of amides is 1. The Bertz CT molecular complexity index is 826. The number of benzene rings is 2. The number of nitrogens with zero attached hydrogens (tertiary/aromatic N) is 2. The molecule has 0 N–H and O–H groups in total. The first kappa shape index (κ1) is 20.1. The molecule has 0 spiro atoms. The summed E-state index contributed by atoms with van der Waals surface area (Å²) in [7, 11) is 0. The summed E-state index contributed by atoms with van der Waals surface area (Å²) >= 11 is 0. The number of hydrogen-bond donors (Lipinski definition) is 0. The third kappa shape index (κ3) is 5.65. The Balaban J connectivity index is 1.67. The molecule has 2 aromatic rings. The summed E-state index contributed by atoms with van der Waals surface area (Å²) in [5.41, 5.74) is 2.63. The second-order valence-electron chi connectivity index (χ2n) is 8.47. The molecule has 0 bridgehead atoms. The Hall–Kier alpha value is -2.69. The number of rotatable bonds is 6. The fourth-order valence-corrected chi connectivity index (χ4v) is 3.21. The molecule has 28 heavy (non-hydrogen) atoms. The van der Waals surface area contributed by atoms with Gasteiger partial charge in [-0.2, -0.15) is 0 Å². The maximum atomic E-state index is 13.1. The van der Waals surface area contributed by atoms with Crippen LogP contribution in [0.3, 0.4) is 0 Å². The Labute approximate surface area is 166 Å². The van der Waals surface area contributed by atoms with Crippen LogP contribution in [0.5, 0.6) is 0 Å². The minimum absolute atomic E-state index is 0.0850. The summed E-state index contributed by atoms with van der Waals surface area (Å²) < 4.78 is 13.1. The van der Waals surface area contributed by atoms with Crippen molar-refractivity contribution in [1.82, 2.24) is 4.90 Å². The minimum atomic E-state index is -0.276. The summed E-state index contributed by atoms with van der Waals surface area (Å²) in [6, 6.07) is 16.2. The number of oxime groups is 1. The molecule has 4 nitrogen and oxygen atoms in total. The lowest BCUT2D eigenvalue weighted by Gasteiger charge is -2.28. The van der Waals surface area contributed by atoms with Crippen molar-refractivity contribution in [2.45, 2.75) is 46.3 Å². The smallest absolute Gasteiger partial charge is 0.223 e. The third-order valence-electron chi connectivity index (χ3n) is 4.58. The second kappa shape index (κ2) is 8.55. The number of carbonyl (C=O) groups is 1. The molecule has 1 heterocycles. The van der Waals surface area contributed by atoms with E-state index in [1.54, 1.807) is 12.1 Å². The predicted octanol–water partition coefficient (Wildman–Crippen LogP) is 4.78. The van der Waals surface area contributed by atoms with Crippen molar-refractivity contribution in [1.29, 1.82) is 0 Å². The average Bonchev–Trinajstić information content (AvgIpc) is 3.10. The topological polar surface area (TPSA) is 41.9 Å². The highest BCUT2D eigenvalue weighted by Crippen LogP contribution is 2.23. The Morgan fingerprint density at radius 2 is 1.82 bits per heavy atom. The van der Waals surface area contributed by atoms with E-state index in [0.29, 0.717) is 25.9 Å². The van der Waals surface area contributed by atoms with Crippen molar-refractivity contribution in [2.75, 3.05) is 6.54 Å². The Morgan fingerprint density at radius 3 is 2.46 bits per heavy atom. The van der Waals surface area contributed by atoms with E-state index in [2.05, 4.69) is 25.9 Å². The van der Waals surface area contributed by atoms with Crippen molar-refractivity contribution < 1.29 is 14.0 Å². The Kier molecular flexibility index (Phi) is 6.12. The molecule has 1 atom stereocenters. The van der Waals surface area contributed by atoms with Crippen molar-refractivity contribution in [2.24, 2.45) is 10.6 Å². The van der Waals surface area contributed by atoms with E-state index < -0.39 is 0 Å². The van der Waals surface area contributed by atoms with Gasteiger partial charge in [0.05, 0.1) is 12.3 Å². The van der Waals surface area contributed by atoms with Crippen molar-refractivity contribution in [3.05, 3.63) is 71.5 Å². The molecule has 0 aromatic heterocycles. The van der Waals surface area contributed by atoms with Crippen LogP contribution in [0.2, 0.25) is 0 Å². The molecular formula is C23H27FN2O2. The summed E-state index contributed by atoms with van der Waals surface area (Å²) in [6.07, 6.45) is 0.866. The first-order chi connectivity index (χ1) is 13.3. The molecule has 1 aliphatic rings.